The minimum Gasteiger partial charge on any atom is -0.464 e. The molecule has 4 aliphatic rings. The van der Waals surface area contributed by atoms with Gasteiger partial charge in [0.25, 0.3) is 17.7 Å². The molecule has 0 saturated carbocycles. The fraction of sp³-hybridized carbons (Fsp3) is 0.643. The summed E-state index contributed by atoms with van der Waals surface area (Å²) in [6.45, 7) is 18.3. The molecular formula is C56H90FN9O7S5. The Morgan fingerprint density at radius 3 is 2.28 bits per heavy atom. The fourth-order valence-electron chi connectivity index (χ4n) is 11.0. The fourth-order valence-corrected chi connectivity index (χ4v) is 11.0. The van der Waals surface area contributed by atoms with Crippen LogP contribution < -0.4 is 15.6 Å². The molecule has 2 aromatic heterocycles. The lowest BCUT2D eigenvalue weighted by Crippen LogP contribution is -2.63. The van der Waals surface area contributed by atoms with Gasteiger partial charge in [-0.1, -0.05) is 33.6 Å². The number of anilines is 1. The number of hydrogen-bond donors (Lipinski definition) is 2. The van der Waals surface area contributed by atoms with Crippen LogP contribution in [0.5, 0.6) is 0 Å². The van der Waals surface area contributed by atoms with Gasteiger partial charge in [-0.2, -0.15) is 67.5 Å². The van der Waals surface area contributed by atoms with E-state index < -0.39 is 70.3 Å². The number of ether oxygens (including phenoxy) is 2. The number of amides is 4. The van der Waals surface area contributed by atoms with Crippen LogP contribution in [0.3, 0.4) is 0 Å². The number of hydrogen-bond acceptors (Lipinski definition) is 11. The van der Waals surface area contributed by atoms with Gasteiger partial charge in [0.15, 0.2) is 5.67 Å². The minimum atomic E-state index is -2.32. The van der Waals surface area contributed by atoms with Crippen LogP contribution in [0.2, 0.25) is 0 Å². The van der Waals surface area contributed by atoms with Gasteiger partial charge in [-0.05, 0) is 134 Å². The van der Waals surface area contributed by atoms with Crippen molar-refractivity contribution < 1.29 is 37.8 Å². The molecule has 2 N–H and O–H groups in total. The number of pyridine rings is 1. The van der Waals surface area contributed by atoms with Crippen molar-refractivity contribution in [1.29, 1.82) is 0 Å². The van der Waals surface area contributed by atoms with Gasteiger partial charge >= 0.3 is 5.97 Å². The van der Waals surface area contributed by atoms with Crippen LogP contribution in [0.15, 0.2) is 36.5 Å². The van der Waals surface area contributed by atoms with Crippen molar-refractivity contribution in [3.05, 3.63) is 47.8 Å². The number of alkyl halides is 1. The lowest BCUT2D eigenvalue weighted by molar-refractivity contribution is -0.156. The van der Waals surface area contributed by atoms with Crippen LogP contribution in [0, 0.1) is 29.1 Å². The van der Waals surface area contributed by atoms with Gasteiger partial charge in [0, 0.05) is 100 Å². The molecule has 16 nitrogen and oxygen atoms in total. The van der Waals surface area contributed by atoms with Gasteiger partial charge in [0.05, 0.1) is 29.6 Å². The average molecular weight is 1180 g/mol. The number of likely N-dealkylation sites (N-methyl/N-ethyl adjacent to an activating group) is 1. The summed E-state index contributed by atoms with van der Waals surface area (Å²) in [5, 5.41) is 5.61. The number of piperidine rings is 2. The summed E-state index contributed by atoms with van der Waals surface area (Å²) in [4.78, 5) is 82.5. The largest absolute Gasteiger partial charge is 0.464 e. The third-order valence-corrected chi connectivity index (χ3v) is 15.8. The summed E-state index contributed by atoms with van der Waals surface area (Å²) in [7, 11) is 6.87. The van der Waals surface area contributed by atoms with E-state index in [2.05, 4.69) is 77.1 Å². The Hall–Kier alpha value is -3.82. The van der Waals surface area contributed by atoms with Crippen LogP contribution >= 0.6 is 67.5 Å². The number of aromatic nitrogens is 2. The number of hydrazine groups is 1. The van der Waals surface area contributed by atoms with Gasteiger partial charge in [-0.3, -0.25) is 38.9 Å². The maximum absolute atomic E-state index is 16.8. The number of carbonyl (C=O) groups excluding carboxylic acids is 5. The van der Waals surface area contributed by atoms with E-state index in [1.165, 1.54) is 21.9 Å². The van der Waals surface area contributed by atoms with Crippen LogP contribution in [-0.2, 0) is 46.4 Å². The number of nitrogens with zero attached hydrogens (tertiary/aromatic N) is 7. The zero-order valence-corrected chi connectivity index (χ0v) is 52.9. The standard InChI is InChI=1S/C56H80FN9O7.5H2S/c1-13-65-45-21-20-39-32-41(45)42(49(65)40-18-14-26-58-47(40)37(4)72-12)33-54(5,6)35-73-52(70)43-19-16-28-66(60-43)51(69)44(31-38-17-15-27-64(39)34-38)59-50(68)48(36(2)3)62(11)53(71)56(57)24-29-63(30-25-56)46(67)22-23-55(7,8)61(9)10;;;;;/h14,18,20-21,26,32,36-38,43-44,48,60H,13,15-17,19,24-25,27-31,33-35H2,1-12H3,(H,59,68);5*1H2/t37-,38-,43-,44-,48-;;;;;/m0...../s1. The molecule has 5 atom stereocenters. The zero-order valence-electron chi connectivity index (χ0n) is 47.9. The number of methoxy groups -OCH3 is 1. The predicted octanol–water partition coefficient (Wildman–Crippen LogP) is 6.86. The number of halogens is 1. The van der Waals surface area contributed by atoms with Crippen molar-refractivity contribution in [2.45, 2.75) is 149 Å². The third-order valence-electron chi connectivity index (χ3n) is 15.8. The van der Waals surface area contributed by atoms with Crippen LogP contribution in [0.1, 0.15) is 118 Å². The van der Waals surface area contributed by atoms with Crippen molar-refractivity contribution >= 4 is 114 Å². The second kappa shape index (κ2) is 29.2. The number of likely N-dealkylation sites (tertiary alicyclic amines) is 1. The zero-order chi connectivity index (χ0) is 53.2. The van der Waals surface area contributed by atoms with Crippen molar-refractivity contribution in [2.75, 3.05) is 72.5 Å². The first-order valence-electron chi connectivity index (χ1n) is 26.4. The molecule has 3 fully saturated rings. The molecule has 0 spiro atoms. The Kier molecular flexibility index (Phi) is 26.4. The molecule has 4 aliphatic heterocycles. The van der Waals surface area contributed by atoms with Crippen molar-refractivity contribution in [3.63, 3.8) is 0 Å². The second-order valence-corrected chi connectivity index (χ2v) is 22.7. The van der Waals surface area contributed by atoms with Crippen LogP contribution in [0.4, 0.5) is 10.1 Å². The van der Waals surface area contributed by atoms with Crippen molar-refractivity contribution in [2.24, 2.45) is 17.3 Å². The summed E-state index contributed by atoms with van der Waals surface area (Å²) >= 11 is 0. The van der Waals surface area contributed by atoms with Gasteiger partial charge < -0.3 is 34.1 Å². The van der Waals surface area contributed by atoms with E-state index in [0.717, 1.165) is 58.5 Å². The highest BCUT2D eigenvalue weighted by Crippen LogP contribution is 2.42. The molecule has 22 heteroatoms. The SMILES string of the molecule is CCn1c(-c2cccnc2[C@H](C)OC)c2c3cc(ccc31)N1CCC[C@@H](C[C@H](NC(=O)[C@H](C(C)C)N(C)C(=O)C3(F)CCN(C(=O)C#CC(C)(C)N(C)C)CC3)C(=O)N3CCC[C@H](N3)C(=O)OCC(C)(C)C2)C1.S.S.S.S.S. The second-order valence-electron chi connectivity index (χ2n) is 22.7. The molecule has 1 aromatic carbocycles. The highest BCUT2D eigenvalue weighted by molar-refractivity contribution is 7.60. The maximum Gasteiger partial charge on any atom is 0.324 e. The van der Waals surface area contributed by atoms with Gasteiger partial charge in [0.1, 0.15) is 18.1 Å². The number of benzene rings is 1. The molecule has 3 saturated heterocycles. The first-order valence-corrected chi connectivity index (χ1v) is 26.4. The van der Waals surface area contributed by atoms with Gasteiger partial charge in [0.2, 0.25) is 5.91 Å². The smallest absolute Gasteiger partial charge is 0.324 e. The number of aryl methyl sites for hydroxylation is 1. The monoisotopic (exact) mass is 1180 g/mol. The summed E-state index contributed by atoms with van der Waals surface area (Å²) < 4.78 is 31.1. The van der Waals surface area contributed by atoms with Crippen LogP contribution in [0.25, 0.3) is 22.2 Å². The van der Waals surface area contributed by atoms with E-state index in [1.807, 2.05) is 45.8 Å². The first-order chi connectivity index (χ1) is 34.5. The quantitative estimate of drug-likeness (QED) is 0.161. The molecular weight excluding hydrogens is 1090 g/mol. The van der Waals surface area contributed by atoms with E-state index in [9.17, 15) is 24.0 Å². The minimum absolute atomic E-state index is 0. The number of cyclic esters (lactones) is 1. The molecule has 78 heavy (non-hydrogen) atoms. The van der Waals surface area contributed by atoms with Gasteiger partial charge in [-0.25, -0.2) is 9.82 Å². The highest BCUT2D eigenvalue weighted by Gasteiger charge is 2.48. The number of esters is 1. The predicted molar refractivity (Wildman–Crippen MR) is 333 cm³/mol. The molecule has 0 radical (unpaired) electrons. The number of rotatable bonds is 10. The number of carbonyl (C=O) groups is 5. The Morgan fingerprint density at radius 2 is 1.65 bits per heavy atom. The van der Waals surface area contributed by atoms with Crippen molar-refractivity contribution in [1.82, 2.24) is 40.0 Å². The van der Waals surface area contributed by atoms with E-state index >= 15 is 4.39 Å². The molecule has 438 valence electrons. The summed E-state index contributed by atoms with van der Waals surface area (Å²) in [6, 6.07) is 7.75. The van der Waals surface area contributed by atoms with Gasteiger partial charge in [-0.15, -0.1) is 0 Å². The van der Waals surface area contributed by atoms with Crippen LogP contribution in [-0.4, -0.2) is 156 Å². The van der Waals surface area contributed by atoms with Crippen molar-refractivity contribution in [3.8, 4) is 23.1 Å². The normalized spacial score (nSPS) is 21.1. The van der Waals surface area contributed by atoms with E-state index in [0.29, 0.717) is 45.3 Å². The molecule has 0 unspecified atom stereocenters. The number of nitrogens with one attached hydrogen (secondary N) is 2. The summed E-state index contributed by atoms with van der Waals surface area (Å²) in [5.41, 5.74) is 5.95. The van der Waals surface area contributed by atoms with E-state index in [-0.39, 0.29) is 112 Å². The molecule has 0 aliphatic carbocycles. The third kappa shape index (κ3) is 15.6. The first kappa shape index (κ1) is 70.3. The Balaban J connectivity index is 0.00000416. The Labute approximate surface area is 498 Å². The maximum atomic E-state index is 16.8. The summed E-state index contributed by atoms with van der Waals surface area (Å²) in [5.74, 6) is 2.49. The van der Waals surface area contributed by atoms with E-state index in [4.69, 9.17) is 14.5 Å². The Bertz CT molecular complexity index is 2620. The molecule has 7 rings (SSSR count). The van der Waals surface area contributed by atoms with E-state index in [1.54, 1.807) is 27.2 Å². The lowest BCUT2D eigenvalue weighted by atomic mass is 9.84. The molecule has 3 aromatic rings. The lowest BCUT2D eigenvalue weighted by Gasteiger charge is -2.41. The molecule has 6 bridgehead atoms. The average Bonchev–Trinajstić information content (AvgIpc) is 3.67. The summed E-state index contributed by atoms with van der Waals surface area (Å²) in [6.07, 6.45) is 4.60. The Morgan fingerprint density at radius 1 is 0.987 bits per heavy atom. The number of fused-ring (bicyclic) bond motifs is 6. The molecule has 4 amide bonds. The topological polar surface area (TPSA) is 162 Å². The highest BCUT2D eigenvalue weighted by atomic mass is 32.1. The molecule has 6 heterocycles.